The van der Waals surface area contributed by atoms with Gasteiger partial charge in [-0.2, -0.15) is 0 Å². The number of rotatable bonds is 7. The molecule has 5 nitrogen and oxygen atoms in total. The number of carbonyl (C=O) groups excluding carboxylic acids is 1. The van der Waals surface area contributed by atoms with Crippen LogP contribution in [-0.2, 0) is 9.59 Å². The Labute approximate surface area is 141 Å². The topological polar surface area (TPSA) is 75.6 Å². The molecule has 1 amide bonds. The first kappa shape index (κ1) is 17.5. The molecule has 2 aromatic carbocycles. The number of hydrogen-bond donors (Lipinski definition) is 2. The van der Waals surface area contributed by atoms with Crippen LogP contribution < -0.4 is 10.1 Å². The van der Waals surface area contributed by atoms with Crippen LogP contribution in [0.2, 0.25) is 0 Å². The summed E-state index contributed by atoms with van der Waals surface area (Å²) in [6.45, 7) is 1.84. The normalized spacial score (nSPS) is 12.9. The number of amides is 1. The summed E-state index contributed by atoms with van der Waals surface area (Å²) in [5.41, 5.74) is 1.52. The molecule has 0 saturated carbocycles. The monoisotopic (exact) mass is 327 g/mol. The van der Waals surface area contributed by atoms with Crippen LogP contribution in [0, 0.1) is 0 Å². The van der Waals surface area contributed by atoms with Crippen LogP contribution in [0.1, 0.15) is 29.9 Å². The maximum Gasteiger partial charge on any atom is 0.312 e. The summed E-state index contributed by atoms with van der Waals surface area (Å²) in [5.74, 6) is -1.58. The average molecular weight is 327 g/mol. The fourth-order valence-electron chi connectivity index (χ4n) is 2.43. The van der Waals surface area contributed by atoms with E-state index in [1.54, 1.807) is 50.4 Å². The number of benzene rings is 2. The van der Waals surface area contributed by atoms with Gasteiger partial charge in [-0.15, -0.1) is 0 Å². The molecule has 0 aliphatic carbocycles. The van der Waals surface area contributed by atoms with Crippen LogP contribution in [0.4, 0.5) is 0 Å². The number of carbonyl (C=O) groups is 2. The lowest BCUT2D eigenvalue weighted by molar-refractivity contribution is -0.138. The average Bonchev–Trinajstić information content (AvgIpc) is 2.61. The van der Waals surface area contributed by atoms with E-state index in [0.29, 0.717) is 5.56 Å². The van der Waals surface area contributed by atoms with Crippen LogP contribution in [-0.4, -0.2) is 30.6 Å². The maximum absolute atomic E-state index is 12.3. The predicted molar refractivity (Wildman–Crippen MR) is 91.2 cm³/mol. The molecule has 2 rings (SSSR count). The Morgan fingerprint density at radius 2 is 1.67 bits per heavy atom. The fraction of sp³-hybridized carbons (Fsp3) is 0.263. The molecule has 5 heteroatoms. The number of methoxy groups -OCH3 is 1. The molecule has 2 N–H and O–H groups in total. The Morgan fingerprint density at radius 1 is 1.04 bits per heavy atom. The van der Waals surface area contributed by atoms with Gasteiger partial charge >= 0.3 is 5.97 Å². The van der Waals surface area contributed by atoms with E-state index < -0.39 is 11.9 Å². The second kappa shape index (κ2) is 8.15. The number of aliphatic carboxylic acids is 1. The third kappa shape index (κ3) is 4.35. The number of ether oxygens (including phenoxy) is 1. The second-order valence-corrected chi connectivity index (χ2v) is 5.54. The number of nitrogens with one attached hydrogen (secondary N) is 1. The summed E-state index contributed by atoms with van der Waals surface area (Å²) >= 11 is 0. The molecule has 2 unspecified atom stereocenters. The quantitative estimate of drug-likeness (QED) is 0.820. The highest BCUT2D eigenvalue weighted by atomic mass is 16.5. The van der Waals surface area contributed by atoms with Crippen molar-refractivity contribution in [2.75, 3.05) is 13.7 Å². The Kier molecular flexibility index (Phi) is 5.95. The number of hydrogen-bond acceptors (Lipinski definition) is 3. The van der Waals surface area contributed by atoms with Crippen LogP contribution >= 0.6 is 0 Å². The Bertz CT molecular complexity index is 682. The van der Waals surface area contributed by atoms with Crippen molar-refractivity contribution < 1.29 is 19.4 Å². The van der Waals surface area contributed by atoms with Gasteiger partial charge in [-0.3, -0.25) is 9.59 Å². The fourth-order valence-corrected chi connectivity index (χ4v) is 2.43. The van der Waals surface area contributed by atoms with Gasteiger partial charge in [0.2, 0.25) is 5.91 Å². The SMILES string of the molecule is COc1ccc(C(C)C(=O)NCC(C(=O)O)c2ccccc2)cc1. The third-order valence-corrected chi connectivity index (χ3v) is 3.99. The van der Waals surface area contributed by atoms with Crippen molar-refractivity contribution in [2.24, 2.45) is 0 Å². The van der Waals surface area contributed by atoms with E-state index in [-0.39, 0.29) is 18.4 Å². The van der Waals surface area contributed by atoms with E-state index in [1.807, 2.05) is 18.2 Å². The van der Waals surface area contributed by atoms with E-state index in [4.69, 9.17) is 4.74 Å². The molecule has 0 heterocycles. The standard InChI is InChI=1S/C19H21NO4/c1-13(14-8-10-16(24-2)11-9-14)18(21)20-12-17(19(22)23)15-6-4-3-5-7-15/h3-11,13,17H,12H2,1-2H3,(H,20,21)(H,22,23). The second-order valence-electron chi connectivity index (χ2n) is 5.54. The smallest absolute Gasteiger partial charge is 0.312 e. The lowest BCUT2D eigenvalue weighted by atomic mass is 9.97. The molecule has 126 valence electrons. The van der Waals surface area contributed by atoms with Crippen LogP contribution in [0.25, 0.3) is 0 Å². The van der Waals surface area contributed by atoms with Gasteiger partial charge in [0.1, 0.15) is 5.75 Å². The van der Waals surface area contributed by atoms with Gasteiger partial charge < -0.3 is 15.2 Å². The maximum atomic E-state index is 12.3. The van der Waals surface area contributed by atoms with Crippen molar-refractivity contribution in [2.45, 2.75) is 18.8 Å². The van der Waals surface area contributed by atoms with Crippen molar-refractivity contribution >= 4 is 11.9 Å². The van der Waals surface area contributed by atoms with Gasteiger partial charge in [-0.05, 0) is 30.2 Å². The van der Waals surface area contributed by atoms with E-state index in [1.165, 1.54) is 0 Å². The zero-order chi connectivity index (χ0) is 17.5. The molecule has 2 aromatic rings. The summed E-state index contributed by atoms with van der Waals surface area (Å²) in [7, 11) is 1.58. The minimum Gasteiger partial charge on any atom is -0.497 e. The van der Waals surface area contributed by atoms with Crippen molar-refractivity contribution in [3.05, 3.63) is 65.7 Å². The van der Waals surface area contributed by atoms with Gasteiger partial charge in [0, 0.05) is 6.54 Å². The first-order valence-electron chi connectivity index (χ1n) is 7.72. The summed E-state index contributed by atoms with van der Waals surface area (Å²) in [6.07, 6.45) is 0. The van der Waals surface area contributed by atoms with Crippen molar-refractivity contribution in [3.63, 3.8) is 0 Å². The predicted octanol–water partition coefficient (Wildman–Crippen LogP) is 2.78. The number of carboxylic acids is 1. The zero-order valence-electron chi connectivity index (χ0n) is 13.7. The molecule has 0 aliphatic heterocycles. The van der Waals surface area contributed by atoms with E-state index >= 15 is 0 Å². The minimum atomic E-state index is -0.960. The largest absolute Gasteiger partial charge is 0.497 e. The van der Waals surface area contributed by atoms with Gasteiger partial charge in [0.05, 0.1) is 18.9 Å². The molecule has 0 radical (unpaired) electrons. The summed E-state index contributed by atoms with van der Waals surface area (Å²) in [4.78, 5) is 23.8. The first-order chi connectivity index (χ1) is 11.5. The minimum absolute atomic E-state index is 0.0542. The molecule has 0 aromatic heterocycles. The highest BCUT2D eigenvalue weighted by molar-refractivity contribution is 5.84. The number of carboxylic acid groups (broad SMARTS) is 1. The first-order valence-corrected chi connectivity index (χ1v) is 7.72. The van der Waals surface area contributed by atoms with Gasteiger partial charge in [0.15, 0.2) is 0 Å². The van der Waals surface area contributed by atoms with Crippen LogP contribution in [0.15, 0.2) is 54.6 Å². The zero-order valence-corrected chi connectivity index (χ0v) is 13.7. The molecular formula is C19H21NO4. The van der Waals surface area contributed by atoms with Crippen LogP contribution in [0.5, 0.6) is 5.75 Å². The lowest BCUT2D eigenvalue weighted by Gasteiger charge is -2.17. The van der Waals surface area contributed by atoms with E-state index in [0.717, 1.165) is 11.3 Å². The highest BCUT2D eigenvalue weighted by Gasteiger charge is 2.22. The molecule has 0 bridgehead atoms. The molecule has 0 spiro atoms. The molecule has 24 heavy (non-hydrogen) atoms. The van der Waals surface area contributed by atoms with Crippen molar-refractivity contribution in [1.29, 1.82) is 0 Å². The van der Waals surface area contributed by atoms with Gasteiger partial charge in [-0.1, -0.05) is 42.5 Å². The van der Waals surface area contributed by atoms with Gasteiger partial charge in [-0.25, -0.2) is 0 Å². The Hall–Kier alpha value is -2.82. The van der Waals surface area contributed by atoms with Gasteiger partial charge in [0.25, 0.3) is 0 Å². The molecular weight excluding hydrogens is 306 g/mol. The van der Waals surface area contributed by atoms with E-state index in [9.17, 15) is 14.7 Å². The molecule has 0 fully saturated rings. The van der Waals surface area contributed by atoms with Crippen molar-refractivity contribution in [1.82, 2.24) is 5.32 Å². The van der Waals surface area contributed by atoms with E-state index in [2.05, 4.69) is 5.32 Å². The Balaban J connectivity index is 2.01. The summed E-state index contributed by atoms with van der Waals surface area (Å²) in [5, 5.41) is 12.1. The molecule has 0 saturated heterocycles. The van der Waals surface area contributed by atoms with Crippen molar-refractivity contribution in [3.8, 4) is 5.75 Å². The van der Waals surface area contributed by atoms with Crippen LogP contribution in [0.3, 0.4) is 0 Å². The lowest BCUT2D eigenvalue weighted by Crippen LogP contribution is -2.34. The third-order valence-electron chi connectivity index (χ3n) is 3.99. The molecule has 0 aliphatic rings. The Morgan fingerprint density at radius 3 is 2.21 bits per heavy atom. The summed E-state index contributed by atoms with van der Waals surface area (Å²) < 4.78 is 5.10. The molecule has 2 atom stereocenters. The summed E-state index contributed by atoms with van der Waals surface area (Å²) in [6, 6.07) is 16.1. The highest BCUT2D eigenvalue weighted by Crippen LogP contribution is 2.20.